The van der Waals surface area contributed by atoms with Gasteiger partial charge in [-0.2, -0.15) is 0 Å². The highest BCUT2D eigenvalue weighted by atomic mass is 35.5. The van der Waals surface area contributed by atoms with Crippen molar-refractivity contribution in [3.8, 4) is 5.88 Å². The summed E-state index contributed by atoms with van der Waals surface area (Å²) in [6.07, 6.45) is 6.23. The van der Waals surface area contributed by atoms with Crippen molar-refractivity contribution in [3.63, 3.8) is 0 Å². The van der Waals surface area contributed by atoms with Gasteiger partial charge in [0.2, 0.25) is 11.8 Å². The lowest BCUT2D eigenvalue weighted by atomic mass is 10.0. The summed E-state index contributed by atoms with van der Waals surface area (Å²) in [7, 11) is 0. The molecule has 0 unspecified atom stereocenters. The Balaban J connectivity index is 1.37. The van der Waals surface area contributed by atoms with Crippen molar-refractivity contribution in [2.75, 3.05) is 35.2 Å². The predicted molar refractivity (Wildman–Crippen MR) is 124 cm³/mol. The molecule has 0 aliphatic carbocycles. The van der Waals surface area contributed by atoms with Crippen LogP contribution in [0.1, 0.15) is 22.5 Å². The monoisotopic (exact) mass is 470 g/mol. The summed E-state index contributed by atoms with van der Waals surface area (Å²) in [5.41, 5.74) is 6.50. The van der Waals surface area contributed by atoms with Crippen LogP contribution in [0.4, 0.5) is 23.0 Å². The quantitative estimate of drug-likeness (QED) is 0.543. The molecule has 0 radical (unpaired) electrons. The van der Waals surface area contributed by atoms with Gasteiger partial charge in [0, 0.05) is 29.1 Å². The van der Waals surface area contributed by atoms with Crippen molar-refractivity contribution in [1.82, 2.24) is 19.9 Å². The molecule has 5 rings (SSSR count). The van der Waals surface area contributed by atoms with E-state index in [0.717, 1.165) is 47.7 Å². The van der Waals surface area contributed by atoms with E-state index in [9.17, 15) is 4.21 Å². The van der Waals surface area contributed by atoms with Crippen molar-refractivity contribution in [1.29, 1.82) is 0 Å². The first kappa shape index (κ1) is 20.8. The molecule has 0 spiro atoms. The molecule has 0 aromatic carbocycles. The Morgan fingerprint density at radius 2 is 2.19 bits per heavy atom. The largest absolute Gasteiger partial charge is 0.474 e. The highest BCUT2D eigenvalue weighted by molar-refractivity contribution is 7.64. The lowest BCUT2D eigenvalue weighted by molar-refractivity contribution is 0.310. The van der Waals surface area contributed by atoms with Crippen molar-refractivity contribution in [2.45, 2.75) is 25.6 Å². The number of aromatic nitrogens is 4. The molecular weight excluding hydrogens is 450 g/mol. The third-order valence-corrected chi connectivity index (χ3v) is 6.29. The van der Waals surface area contributed by atoms with Crippen LogP contribution < -0.4 is 20.3 Å². The fraction of sp³-hybridized carbons (Fsp3) is 0.333. The topological polar surface area (TPSA) is 105 Å². The second-order valence-corrected chi connectivity index (χ2v) is 8.53. The maximum Gasteiger partial charge on any atom is 0.465 e. The van der Waals surface area contributed by atoms with E-state index in [4.69, 9.17) is 21.3 Å². The Kier molecular flexibility index (Phi) is 5.71. The Morgan fingerprint density at radius 1 is 1.28 bits per heavy atom. The van der Waals surface area contributed by atoms with Gasteiger partial charge in [0.25, 0.3) is 5.75 Å². The molecule has 3 aromatic heterocycles. The average Bonchev–Trinajstić information content (AvgIpc) is 2.81. The van der Waals surface area contributed by atoms with Crippen LogP contribution in [0.3, 0.4) is 0 Å². The molecule has 0 saturated heterocycles. The number of hydrogen-bond donors (Lipinski definition) is 2. The minimum absolute atomic E-state index is 0.225. The van der Waals surface area contributed by atoms with Crippen molar-refractivity contribution in [2.24, 2.45) is 0 Å². The molecule has 0 amide bonds. The molecule has 2 aliphatic rings. The van der Waals surface area contributed by atoms with E-state index >= 15 is 0 Å². The Hall–Kier alpha value is -3.11. The van der Waals surface area contributed by atoms with Crippen LogP contribution in [0.25, 0.3) is 0 Å². The molecule has 0 saturated carbocycles. The summed E-state index contributed by atoms with van der Waals surface area (Å²) in [5.74, 6) is 1.36. The first-order valence-corrected chi connectivity index (χ1v) is 11.5. The van der Waals surface area contributed by atoms with E-state index in [0.29, 0.717) is 53.1 Å². The lowest BCUT2D eigenvalue weighted by Crippen LogP contribution is -2.32. The minimum atomic E-state index is 0.225. The van der Waals surface area contributed by atoms with Crippen LogP contribution in [0, 0.1) is 6.92 Å². The SMILES string of the molecule is Cc1c(N2CCc3cnc(Nc4cnc(C[S+]=O)c(Cl)c4)nc3C2)cnc2c1NCCO2. The standard InChI is InChI=1S/C21H21ClN7O2S/c1-12-18(9-25-20-19(12)23-3-5-31-20)29-4-2-13-7-26-21(28-16(13)10-29)27-14-6-15(22)17(11-32-30)24-8-14/h6-9,23H,2-5,10-11H2,1H3,(H,26,27,28)/q+1. The average molecular weight is 471 g/mol. The number of anilines is 4. The van der Waals surface area contributed by atoms with Gasteiger partial charge in [-0.05, 0) is 25.0 Å². The Morgan fingerprint density at radius 3 is 3.03 bits per heavy atom. The van der Waals surface area contributed by atoms with Crippen LogP contribution in [0.15, 0.2) is 24.7 Å². The molecule has 0 fully saturated rings. The maximum atomic E-state index is 10.7. The zero-order chi connectivity index (χ0) is 22.1. The molecule has 3 aromatic rings. The van der Waals surface area contributed by atoms with Gasteiger partial charge >= 0.3 is 11.7 Å². The van der Waals surface area contributed by atoms with Gasteiger partial charge in [-0.1, -0.05) is 11.6 Å². The molecule has 5 heterocycles. The van der Waals surface area contributed by atoms with E-state index in [1.807, 2.05) is 12.4 Å². The second-order valence-electron chi connectivity index (χ2n) is 7.60. The zero-order valence-electron chi connectivity index (χ0n) is 17.4. The molecule has 32 heavy (non-hydrogen) atoms. The number of rotatable bonds is 5. The Bertz CT molecular complexity index is 1190. The summed E-state index contributed by atoms with van der Waals surface area (Å²) in [5, 5.41) is 7.00. The predicted octanol–water partition coefficient (Wildman–Crippen LogP) is 3.27. The molecule has 164 valence electrons. The summed E-state index contributed by atoms with van der Waals surface area (Å²) in [6.45, 7) is 5.02. The highest BCUT2D eigenvalue weighted by Gasteiger charge is 2.24. The van der Waals surface area contributed by atoms with E-state index in [1.54, 1.807) is 12.3 Å². The Labute approximate surface area is 194 Å². The highest BCUT2D eigenvalue weighted by Crippen LogP contribution is 2.36. The number of fused-ring (bicyclic) bond motifs is 2. The normalized spacial score (nSPS) is 14.6. The summed E-state index contributed by atoms with van der Waals surface area (Å²) < 4.78 is 16.4. The van der Waals surface area contributed by atoms with Gasteiger partial charge in [-0.25, -0.2) is 15.0 Å². The molecule has 9 nitrogen and oxygen atoms in total. The number of hydrogen-bond acceptors (Lipinski definition) is 9. The van der Waals surface area contributed by atoms with Crippen molar-refractivity contribution in [3.05, 3.63) is 52.2 Å². The van der Waals surface area contributed by atoms with Crippen LogP contribution in [0.5, 0.6) is 5.88 Å². The molecule has 2 N–H and O–H groups in total. The number of nitrogens with one attached hydrogen (secondary N) is 2. The fourth-order valence-corrected chi connectivity index (χ4v) is 4.58. The van der Waals surface area contributed by atoms with Gasteiger partial charge in [0.05, 0.1) is 41.0 Å². The van der Waals surface area contributed by atoms with Gasteiger partial charge < -0.3 is 20.3 Å². The van der Waals surface area contributed by atoms with E-state index < -0.39 is 0 Å². The zero-order valence-corrected chi connectivity index (χ0v) is 19.0. The first-order valence-electron chi connectivity index (χ1n) is 10.2. The maximum absolute atomic E-state index is 10.7. The first-order chi connectivity index (χ1) is 15.6. The molecule has 2 aliphatic heterocycles. The lowest BCUT2D eigenvalue weighted by Gasteiger charge is -2.32. The van der Waals surface area contributed by atoms with Crippen LogP contribution in [0.2, 0.25) is 5.02 Å². The van der Waals surface area contributed by atoms with Crippen LogP contribution in [-0.4, -0.2) is 39.6 Å². The number of nitrogens with zero attached hydrogens (tertiary/aromatic N) is 5. The summed E-state index contributed by atoms with van der Waals surface area (Å²) in [4.78, 5) is 20.2. The third-order valence-electron chi connectivity index (χ3n) is 5.58. The number of halogens is 1. The van der Waals surface area contributed by atoms with E-state index in [-0.39, 0.29) is 5.75 Å². The van der Waals surface area contributed by atoms with Crippen molar-refractivity contribution >= 4 is 46.3 Å². The molecule has 11 heteroatoms. The summed E-state index contributed by atoms with van der Waals surface area (Å²) in [6, 6.07) is 1.73. The van der Waals surface area contributed by atoms with E-state index in [1.165, 1.54) is 0 Å². The minimum Gasteiger partial charge on any atom is -0.474 e. The van der Waals surface area contributed by atoms with Gasteiger partial charge in [-0.15, -0.1) is 0 Å². The van der Waals surface area contributed by atoms with Crippen LogP contribution >= 0.6 is 11.6 Å². The number of ether oxygens (including phenoxy) is 1. The van der Waals surface area contributed by atoms with Crippen molar-refractivity contribution < 1.29 is 8.95 Å². The summed E-state index contributed by atoms with van der Waals surface area (Å²) >= 11 is 6.66. The van der Waals surface area contributed by atoms with Gasteiger partial charge in [-0.3, -0.25) is 4.98 Å². The number of pyridine rings is 2. The fourth-order valence-electron chi connectivity index (χ4n) is 3.92. The van der Waals surface area contributed by atoms with Gasteiger partial charge in [0.15, 0.2) is 0 Å². The third kappa shape index (κ3) is 4.03. The second kappa shape index (κ2) is 8.79. The smallest absolute Gasteiger partial charge is 0.465 e. The van der Waals surface area contributed by atoms with Gasteiger partial charge in [0.1, 0.15) is 18.0 Å². The molecular formula is C21H21ClN7O2S+. The molecule has 0 bridgehead atoms. The molecule has 0 atom stereocenters. The van der Waals surface area contributed by atoms with Crippen LogP contribution in [-0.2, 0) is 34.6 Å². The van der Waals surface area contributed by atoms with E-state index in [2.05, 4.69) is 37.4 Å².